The Hall–Kier alpha value is -2.80. The second-order valence-corrected chi connectivity index (χ2v) is 6.06. The standard InChI is InChI=1S/C18H16ClFN2O4/c19-12-4-3-5-13(8-12)22-10-14(26-18(22)24)9-21-17(23)11-25-16-7-2-1-6-15(16)20/h1-8,14H,9-11H2,(H,21,23)/t14-/m1/s1. The Morgan fingerprint density at radius 3 is 2.88 bits per heavy atom. The van der Waals surface area contributed by atoms with Gasteiger partial charge in [-0.15, -0.1) is 0 Å². The predicted molar refractivity (Wildman–Crippen MR) is 94.0 cm³/mol. The minimum Gasteiger partial charge on any atom is -0.481 e. The van der Waals surface area contributed by atoms with Crippen LogP contribution in [0.2, 0.25) is 5.02 Å². The highest BCUT2D eigenvalue weighted by atomic mass is 35.5. The molecule has 1 atom stereocenters. The molecule has 3 rings (SSSR count). The molecule has 1 aliphatic heterocycles. The van der Waals surface area contributed by atoms with E-state index in [0.29, 0.717) is 10.7 Å². The van der Waals surface area contributed by atoms with E-state index in [4.69, 9.17) is 21.1 Å². The summed E-state index contributed by atoms with van der Waals surface area (Å²) in [4.78, 5) is 25.2. The SMILES string of the molecule is O=C(COc1ccccc1F)NC[C@@H]1CN(c2cccc(Cl)c2)C(=O)O1. The van der Waals surface area contributed by atoms with Gasteiger partial charge in [0.1, 0.15) is 6.10 Å². The molecule has 0 aliphatic carbocycles. The molecule has 1 saturated heterocycles. The molecule has 0 spiro atoms. The monoisotopic (exact) mass is 378 g/mol. The number of anilines is 1. The van der Waals surface area contributed by atoms with Crippen LogP contribution >= 0.6 is 11.6 Å². The number of halogens is 2. The van der Waals surface area contributed by atoms with E-state index in [0.717, 1.165) is 0 Å². The quantitative estimate of drug-likeness (QED) is 0.839. The van der Waals surface area contributed by atoms with Crippen LogP contribution in [0.5, 0.6) is 5.75 Å². The zero-order chi connectivity index (χ0) is 18.5. The number of carbonyl (C=O) groups is 2. The average molecular weight is 379 g/mol. The molecular weight excluding hydrogens is 363 g/mol. The van der Waals surface area contributed by atoms with E-state index in [1.165, 1.54) is 23.1 Å². The first-order valence-corrected chi connectivity index (χ1v) is 8.28. The maximum Gasteiger partial charge on any atom is 0.414 e. The molecule has 2 amide bonds. The molecule has 8 heteroatoms. The molecule has 1 fully saturated rings. The maximum atomic E-state index is 13.4. The van der Waals surface area contributed by atoms with Gasteiger partial charge in [0, 0.05) is 10.7 Å². The van der Waals surface area contributed by atoms with Gasteiger partial charge in [0.2, 0.25) is 0 Å². The number of hydrogen-bond acceptors (Lipinski definition) is 4. The highest BCUT2D eigenvalue weighted by molar-refractivity contribution is 6.30. The van der Waals surface area contributed by atoms with Crippen molar-refractivity contribution in [1.29, 1.82) is 0 Å². The fraction of sp³-hybridized carbons (Fsp3) is 0.222. The summed E-state index contributed by atoms with van der Waals surface area (Å²) in [7, 11) is 0. The number of cyclic esters (lactones) is 1. The van der Waals surface area contributed by atoms with E-state index >= 15 is 0 Å². The molecule has 6 nitrogen and oxygen atoms in total. The zero-order valence-corrected chi connectivity index (χ0v) is 14.4. The molecule has 26 heavy (non-hydrogen) atoms. The third-order valence-electron chi connectivity index (χ3n) is 3.72. The molecule has 2 aromatic carbocycles. The Bertz CT molecular complexity index is 817. The van der Waals surface area contributed by atoms with Crippen molar-refractivity contribution in [2.24, 2.45) is 0 Å². The van der Waals surface area contributed by atoms with Crippen molar-refractivity contribution in [2.75, 3.05) is 24.6 Å². The molecule has 1 N–H and O–H groups in total. The average Bonchev–Trinajstić information content (AvgIpc) is 3.00. The van der Waals surface area contributed by atoms with Gasteiger partial charge in [-0.2, -0.15) is 0 Å². The lowest BCUT2D eigenvalue weighted by molar-refractivity contribution is -0.123. The molecule has 1 aliphatic rings. The van der Waals surface area contributed by atoms with Crippen LogP contribution in [-0.2, 0) is 9.53 Å². The number of rotatable bonds is 6. The number of ether oxygens (including phenoxy) is 2. The first kappa shape index (κ1) is 18.0. The first-order valence-electron chi connectivity index (χ1n) is 7.90. The van der Waals surface area contributed by atoms with Crippen LogP contribution in [0, 0.1) is 5.82 Å². The van der Waals surface area contributed by atoms with Gasteiger partial charge in [-0.1, -0.05) is 29.8 Å². The van der Waals surface area contributed by atoms with Gasteiger partial charge < -0.3 is 14.8 Å². The van der Waals surface area contributed by atoms with Crippen molar-refractivity contribution in [3.63, 3.8) is 0 Å². The Kier molecular flexibility index (Phi) is 5.58. The summed E-state index contributed by atoms with van der Waals surface area (Å²) in [5.74, 6) is -0.977. The number of nitrogens with one attached hydrogen (secondary N) is 1. The van der Waals surface area contributed by atoms with E-state index in [1.807, 2.05) is 0 Å². The molecule has 0 aromatic heterocycles. The smallest absolute Gasteiger partial charge is 0.414 e. The van der Waals surface area contributed by atoms with Crippen LogP contribution < -0.4 is 15.0 Å². The normalized spacial score (nSPS) is 16.3. The topological polar surface area (TPSA) is 67.9 Å². The second kappa shape index (κ2) is 8.05. The molecule has 1 heterocycles. The van der Waals surface area contributed by atoms with Crippen LogP contribution in [0.4, 0.5) is 14.9 Å². The number of para-hydroxylation sites is 1. The first-order chi connectivity index (χ1) is 12.5. The van der Waals surface area contributed by atoms with Crippen LogP contribution in [0.15, 0.2) is 48.5 Å². The Morgan fingerprint density at radius 2 is 2.12 bits per heavy atom. The fourth-order valence-corrected chi connectivity index (χ4v) is 2.65. The highest BCUT2D eigenvalue weighted by Gasteiger charge is 2.32. The Morgan fingerprint density at radius 1 is 1.31 bits per heavy atom. The van der Waals surface area contributed by atoms with E-state index < -0.39 is 23.9 Å². The Balaban J connectivity index is 1.47. The van der Waals surface area contributed by atoms with E-state index in [9.17, 15) is 14.0 Å². The molecule has 2 aromatic rings. The summed E-state index contributed by atoms with van der Waals surface area (Å²) < 4.78 is 23.8. The number of benzene rings is 2. The lowest BCUT2D eigenvalue weighted by atomic mass is 10.2. The fourth-order valence-electron chi connectivity index (χ4n) is 2.47. The van der Waals surface area contributed by atoms with E-state index in [2.05, 4.69) is 5.32 Å². The van der Waals surface area contributed by atoms with Gasteiger partial charge in [0.15, 0.2) is 18.2 Å². The van der Waals surface area contributed by atoms with Crippen molar-refractivity contribution >= 4 is 29.3 Å². The minimum atomic E-state index is -0.540. The summed E-state index contributed by atoms with van der Waals surface area (Å²) in [5, 5.41) is 3.11. The van der Waals surface area contributed by atoms with Crippen molar-refractivity contribution in [3.05, 3.63) is 59.4 Å². The summed E-state index contributed by atoms with van der Waals surface area (Å²) in [6.45, 7) is 0.0789. The number of hydrogen-bond donors (Lipinski definition) is 1. The largest absolute Gasteiger partial charge is 0.481 e. The molecule has 0 saturated carbocycles. The number of amides is 2. The molecule has 0 unspecified atom stereocenters. The molecule has 0 radical (unpaired) electrons. The number of nitrogens with zero attached hydrogens (tertiary/aromatic N) is 1. The molecular formula is C18H16ClFN2O4. The lowest BCUT2D eigenvalue weighted by Crippen LogP contribution is -2.37. The summed E-state index contributed by atoms with van der Waals surface area (Å²) in [6.07, 6.45) is -1.01. The molecule has 0 bridgehead atoms. The minimum absolute atomic E-state index is 0.00192. The van der Waals surface area contributed by atoms with Gasteiger partial charge in [0.05, 0.1) is 13.1 Å². The van der Waals surface area contributed by atoms with Crippen LogP contribution in [0.25, 0.3) is 0 Å². The van der Waals surface area contributed by atoms with E-state index in [1.54, 1.807) is 30.3 Å². The molecule has 136 valence electrons. The lowest BCUT2D eigenvalue weighted by Gasteiger charge is -2.13. The highest BCUT2D eigenvalue weighted by Crippen LogP contribution is 2.24. The third-order valence-corrected chi connectivity index (χ3v) is 3.95. The van der Waals surface area contributed by atoms with Crippen molar-refractivity contribution in [1.82, 2.24) is 5.32 Å². The van der Waals surface area contributed by atoms with Gasteiger partial charge in [-0.25, -0.2) is 9.18 Å². The van der Waals surface area contributed by atoms with Crippen molar-refractivity contribution in [2.45, 2.75) is 6.10 Å². The van der Waals surface area contributed by atoms with Crippen molar-refractivity contribution in [3.8, 4) is 5.75 Å². The van der Waals surface area contributed by atoms with E-state index in [-0.39, 0.29) is 25.4 Å². The van der Waals surface area contributed by atoms with Gasteiger partial charge in [0.25, 0.3) is 5.91 Å². The summed E-state index contributed by atoms with van der Waals surface area (Å²) in [6, 6.07) is 12.7. The Labute approximate surface area is 154 Å². The zero-order valence-electron chi connectivity index (χ0n) is 13.7. The summed E-state index contributed by atoms with van der Waals surface area (Å²) in [5.41, 5.74) is 0.624. The maximum absolute atomic E-state index is 13.4. The van der Waals surface area contributed by atoms with Gasteiger partial charge >= 0.3 is 6.09 Å². The van der Waals surface area contributed by atoms with Crippen LogP contribution in [0.1, 0.15) is 0 Å². The number of carbonyl (C=O) groups excluding carboxylic acids is 2. The van der Waals surface area contributed by atoms with Gasteiger partial charge in [-0.3, -0.25) is 9.69 Å². The van der Waals surface area contributed by atoms with Crippen LogP contribution in [0.3, 0.4) is 0 Å². The van der Waals surface area contributed by atoms with Gasteiger partial charge in [-0.05, 0) is 30.3 Å². The van der Waals surface area contributed by atoms with Crippen LogP contribution in [-0.4, -0.2) is 37.8 Å². The van der Waals surface area contributed by atoms with Crippen molar-refractivity contribution < 1.29 is 23.5 Å². The summed E-state index contributed by atoms with van der Waals surface area (Å²) >= 11 is 5.93. The third kappa shape index (κ3) is 4.43. The predicted octanol–water partition coefficient (Wildman–Crippen LogP) is 3.00. The second-order valence-electron chi connectivity index (χ2n) is 5.62.